The Kier molecular flexibility index (Phi) is 10.1. The van der Waals surface area contributed by atoms with Gasteiger partial charge in [-0.05, 0) is 60.5 Å². The molecular weight excluding hydrogens is 515 g/mol. The highest BCUT2D eigenvalue weighted by molar-refractivity contribution is 6.42. The second-order valence-electron chi connectivity index (χ2n) is 7.71. The molecule has 192 valence electrons. The molecule has 3 rings (SSSR count). The summed E-state index contributed by atoms with van der Waals surface area (Å²) in [6.07, 6.45) is 1.49. The summed E-state index contributed by atoms with van der Waals surface area (Å²) in [6, 6.07) is 17.7. The SMILES string of the molecule is CCOc1cc(/C=C(\C#N)C(=O)NCc2ccc(OC)cc2OC)ccc1OCc1ccc(Cl)c(Cl)c1. The van der Waals surface area contributed by atoms with Gasteiger partial charge in [0.15, 0.2) is 11.5 Å². The van der Waals surface area contributed by atoms with Gasteiger partial charge in [0.2, 0.25) is 0 Å². The Labute approximate surface area is 226 Å². The minimum atomic E-state index is -0.515. The van der Waals surface area contributed by atoms with Crippen molar-refractivity contribution in [1.82, 2.24) is 5.32 Å². The van der Waals surface area contributed by atoms with Crippen LogP contribution in [0.1, 0.15) is 23.6 Å². The number of ether oxygens (including phenoxy) is 4. The number of amides is 1. The van der Waals surface area contributed by atoms with Crippen molar-refractivity contribution >= 4 is 35.2 Å². The molecule has 1 amide bonds. The molecule has 1 N–H and O–H groups in total. The largest absolute Gasteiger partial charge is 0.497 e. The molecule has 0 saturated carbocycles. The Balaban J connectivity index is 1.73. The molecule has 7 nitrogen and oxygen atoms in total. The van der Waals surface area contributed by atoms with Crippen LogP contribution in [0.5, 0.6) is 23.0 Å². The van der Waals surface area contributed by atoms with E-state index in [-0.39, 0.29) is 18.7 Å². The van der Waals surface area contributed by atoms with Crippen molar-refractivity contribution in [3.05, 3.63) is 86.9 Å². The second-order valence-corrected chi connectivity index (χ2v) is 8.52. The molecule has 0 radical (unpaired) electrons. The fourth-order valence-electron chi connectivity index (χ4n) is 3.38. The van der Waals surface area contributed by atoms with Gasteiger partial charge >= 0.3 is 0 Å². The van der Waals surface area contributed by atoms with Crippen LogP contribution in [-0.2, 0) is 17.9 Å². The highest BCUT2D eigenvalue weighted by atomic mass is 35.5. The first-order valence-electron chi connectivity index (χ1n) is 11.3. The van der Waals surface area contributed by atoms with E-state index in [9.17, 15) is 10.1 Å². The van der Waals surface area contributed by atoms with Crippen LogP contribution in [-0.4, -0.2) is 26.7 Å². The number of rotatable bonds is 11. The van der Waals surface area contributed by atoms with Crippen LogP contribution in [0, 0.1) is 11.3 Å². The number of carbonyl (C=O) groups is 1. The number of nitrogens with zero attached hydrogens (tertiary/aromatic N) is 1. The monoisotopic (exact) mass is 540 g/mol. The van der Waals surface area contributed by atoms with Gasteiger partial charge in [-0.25, -0.2) is 0 Å². The smallest absolute Gasteiger partial charge is 0.262 e. The van der Waals surface area contributed by atoms with Crippen molar-refractivity contribution in [2.24, 2.45) is 0 Å². The lowest BCUT2D eigenvalue weighted by atomic mass is 10.1. The van der Waals surface area contributed by atoms with E-state index >= 15 is 0 Å². The van der Waals surface area contributed by atoms with E-state index in [4.69, 9.17) is 42.1 Å². The molecule has 0 heterocycles. The number of nitriles is 1. The maximum atomic E-state index is 12.7. The summed E-state index contributed by atoms with van der Waals surface area (Å²) in [5.41, 5.74) is 2.15. The fourth-order valence-corrected chi connectivity index (χ4v) is 3.70. The van der Waals surface area contributed by atoms with Gasteiger partial charge in [-0.3, -0.25) is 4.79 Å². The Morgan fingerprint density at radius 1 is 0.946 bits per heavy atom. The van der Waals surface area contributed by atoms with E-state index < -0.39 is 5.91 Å². The van der Waals surface area contributed by atoms with E-state index in [2.05, 4.69) is 5.32 Å². The predicted octanol–water partition coefficient (Wildman–Crippen LogP) is 6.21. The average molecular weight is 541 g/mol. The lowest BCUT2D eigenvalue weighted by molar-refractivity contribution is -0.117. The molecule has 0 spiro atoms. The van der Waals surface area contributed by atoms with Crippen molar-refractivity contribution in [2.45, 2.75) is 20.1 Å². The van der Waals surface area contributed by atoms with Crippen LogP contribution < -0.4 is 24.3 Å². The molecule has 0 aliphatic rings. The fraction of sp³-hybridized carbons (Fsp3) is 0.214. The van der Waals surface area contributed by atoms with Crippen molar-refractivity contribution in [3.63, 3.8) is 0 Å². The summed E-state index contributed by atoms with van der Waals surface area (Å²) in [6.45, 7) is 2.70. The molecule has 0 saturated heterocycles. The van der Waals surface area contributed by atoms with Crippen LogP contribution in [0.3, 0.4) is 0 Å². The number of halogens is 2. The van der Waals surface area contributed by atoms with Crippen LogP contribution in [0.25, 0.3) is 6.08 Å². The van der Waals surface area contributed by atoms with Crippen molar-refractivity contribution in [2.75, 3.05) is 20.8 Å². The molecule has 0 fully saturated rings. The Bertz CT molecular complexity index is 1330. The molecule has 3 aromatic carbocycles. The van der Waals surface area contributed by atoms with Crippen molar-refractivity contribution < 1.29 is 23.7 Å². The molecular formula is C28H26Cl2N2O5. The number of methoxy groups -OCH3 is 2. The highest BCUT2D eigenvalue weighted by Crippen LogP contribution is 2.31. The quantitative estimate of drug-likeness (QED) is 0.229. The van der Waals surface area contributed by atoms with Crippen LogP contribution in [0.4, 0.5) is 0 Å². The van der Waals surface area contributed by atoms with E-state index in [1.165, 1.54) is 13.2 Å². The summed E-state index contributed by atoms with van der Waals surface area (Å²) < 4.78 is 22.2. The minimum Gasteiger partial charge on any atom is -0.497 e. The number of carbonyl (C=O) groups excluding carboxylic acids is 1. The zero-order valence-corrected chi connectivity index (χ0v) is 22.2. The highest BCUT2D eigenvalue weighted by Gasteiger charge is 2.13. The molecule has 0 aromatic heterocycles. The zero-order valence-electron chi connectivity index (χ0n) is 20.6. The lowest BCUT2D eigenvalue weighted by Gasteiger charge is -2.13. The molecule has 0 atom stereocenters. The van der Waals surface area contributed by atoms with Gasteiger partial charge in [0, 0.05) is 18.2 Å². The maximum Gasteiger partial charge on any atom is 0.262 e. The normalized spacial score (nSPS) is 10.9. The van der Waals surface area contributed by atoms with Gasteiger partial charge in [-0.1, -0.05) is 35.3 Å². The van der Waals surface area contributed by atoms with Crippen LogP contribution >= 0.6 is 23.2 Å². The third-order valence-corrected chi connectivity index (χ3v) is 5.99. The van der Waals surface area contributed by atoms with Gasteiger partial charge < -0.3 is 24.3 Å². The molecule has 0 aliphatic carbocycles. The summed E-state index contributed by atoms with van der Waals surface area (Å²) in [5, 5.41) is 13.3. The Morgan fingerprint density at radius 3 is 2.43 bits per heavy atom. The predicted molar refractivity (Wildman–Crippen MR) is 143 cm³/mol. The number of benzene rings is 3. The standard InChI is InChI=1S/C28H26Cl2N2O5/c1-4-36-27-13-18(6-10-25(27)37-17-19-5-9-23(29)24(30)12-19)11-21(15-31)28(33)32-16-20-7-8-22(34-2)14-26(20)35-3/h5-14H,4,16-17H2,1-3H3,(H,32,33)/b21-11+. The number of nitrogens with one attached hydrogen (secondary N) is 1. The van der Waals surface area contributed by atoms with Gasteiger partial charge in [0.1, 0.15) is 29.7 Å². The Hall–Kier alpha value is -3.86. The van der Waals surface area contributed by atoms with Crippen LogP contribution in [0.15, 0.2) is 60.2 Å². The van der Waals surface area contributed by atoms with Crippen LogP contribution in [0.2, 0.25) is 10.0 Å². The topological polar surface area (TPSA) is 89.8 Å². The van der Waals surface area contributed by atoms with Gasteiger partial charge in [0.25, 0.3) is 5.91 Å². The molecule has 37 heavy (non-hydrogen) atoms. The Morgan fingerprint density at radius 2 is 1.76 bits per heavy atom. The maximum absolute atomic E-state index is 12.7. The van der Waals surface area contributed by atoms with E-state index in [0.29, 0.717) is 45.2 Å². The zero-order chi connectivity index (χ0) is 26.8. The summed E-state index contributed by atoms with van der Waals surface area (Å²) in [4.78, 5) is 12.7. The first-order valence-corrected chi connectivity index (χ1v) is 12.1. The van der Waals surface area contributed by atoms with E-state index in [1.54, 1.807) is 55.6 Å². The minimum absolute atomic E-state index is 0.0561. The average Bonchev–Trinajstić information content (AvgIpc) is 2.91. The third kappa shape index (κ3) is 7.56. The first kappa shape index (κ1) is 27.7. The molecule has 9 heteroatoms. The van der Waals surface area contributed by atoms with Gasteiger partial charge in [-0.15, -0.1) is 0 Å². The summed E-state index contributed by atoms with van der Waals surface area (Å²) in [7, 11) is 3.10. The lowest BCUT2D eigenvalue weighted by Crippen LogP contribution is -2.24. The molecule has 3 aromatic rings. The second kappa shape index (κ2) is 13.4. The number of hydrogen-bond donors (Lipinski definition) is 1. The molecule has 0 bridgehead atoms. The summed E-state index contributed by atoms with van der Waals surface area (Å²) in [5.74, 6) is 1.69. The van der Waals surface area contributed by atoms with Crippen molar-refractivity contribution in [3.8, 4) is 29.1 Å². The molecule has 0 aliphatic heterocycles. The molecule has 0 unspecified atom stereocenters. The van der Waals surface area contributed by atoms with E-state index in [0.717, 1.165) is 11.1 Å². The van der Waals surface area contributed by atoms with Gasteiger partial charge in [-0.2, -0.15) is 5.26 Å². The summed E-state index contributed by atoms with van der Waals surface area (Å²) >= 11 is 12.1. The van der Waals surface area contributed by atoms with E-state index in [1.807, 2.05) is 19.1 Å². The third-order valence-electron chi connectivity index (χ3n) is 5.26. The number of hydrogen-bond acceptors (Lipinski definition) is 6. The van der Waals surface area contributed by atoms with Crippen molar-refractivity contribution in [1.29, 1.82) is 5.26 Å². The van der Waals surface area contributed by atoms with Gasteiger partial charge in [0.05, 0.1) is 30.9 Å². The first-order chi connectivity index (χ1) is 17.9.